The predicted molar refractivity (Wildman–Crippen MR) is 85.2 cm³/mol. The molecule has 0 bridgehead atoms. The third-order valence-corrected chi connectivity index (χ3v) is 2.90. The highest BCUT2D eigenvalue weighted by Gasteiger charge is 2.21. The van der Waals surface area contributed by atoms with Gasteiger partial charge in [-0.3, -0.25) is 0 Å². The van der Waals surface area contributed by atoms with Gasteiger partial charge in [-0.05, 0) is 45.2 Å². The molecule has 4 nitrogen and oxygen atoms in total. The fourth-order valence-electron chi connectivity index (χ4n) is 2.24. The minimum atomic E-state index is -0.728. The second kappa shape index (κ2) is 6.84. The molecule has 0 amide bonds. The SMILES string of the molecule is CC(C)CC(C)(O)CNc1ccc(N)c(OC(C)C)c1. The Bertz CT molecular complexity index is 428. The van der Waals surface area contributed by atoms with Crippen LogP contribution in [-0.4, -0.2) is 23.4 Å². The molecular weight excluding hydrogens is 252 g/mol. The Labute approximate surface area is 122 Å². The highest BCUT2D eigenvalue weighted by molar-refractivity contribution is 5.61. The molecule has 0 saturated heterocycles. The normalized spacial score (nSPS) is 14.4. The number of ether oxygens (including phenoxy) is 1. The molecule has 0 aromatic heterocycles. The topological polar surface area (TPSA) is 67.5 Å². The third-order valence-electron chi connectivity index (χ3n) is 2.90. The largest absolute Gasteiger partial charge is 0.489 e. The van der Waals surface area contributed by atoms with Gasteiger partial charge in [0.25, 0.3) is 0 Å². The fourth-order valence-corrected chi connectivity index (χ4v) is 2.24. The molecule has 0 aliphatic carbocycles. The van der Waals surface area contributed by atoms with Crippen molar-refractivity contribution in [3.8, 4) is 5.75 Å². The molecule has 114 valence electrons. The van der Waals surface area contributed by atoms with Crippen LogP contribution in [0, 0.1) is 5.92 Å². The van der Waals surface area contributed by atoms with Gasteiger partial charge in [-0.25, -0.2) is 0 Å². The van der Waals surface area contributed by atoms with E-state index in [9.17, 15) is 5.11 Å². The second-order valence-electron chi connectivity index (χ2n) is 6.37. The quantitative estimate of drug-likeness (QED) is 0.671. The first-order valence-corrected chi connectivity index (χ1v) is 7.22. The molecular formula is C16H28N2O2. The summed E-state index contributed by atoms with van der Waals surface area (Å²) >= 11 is 0. The van der Waals surface area contributed by atoms with Crippen LogP contribution in [0.4, 0.5) is 11.4 Å². The zero-order valence-electron chi connectivity index (χ0n) is 13.2. The standard InChI is InChI=1S/C16H28N2O2/c1-11(2)9-16(5,19)10-18-13-6-7-14(17)15(8-13)20-12(3)4/h6-8,11-12,18-19H,9-10,17H2,1-5H3. The lowest BCUT2D eigenvalue weighted by Crippen LogP contribution is -2.34. The van der Waals surface area contributed by atoms with E-state index in [0.29, 0.717) is 23.9 Å². The van der Waals surface area contributed by atoms with Crippen molar-refractivity contribution in [2.45, 2.75) is 52.7 Å². The van der Waals surface area contributed by atoms with E-state index in [1.54, 1.807) is 0 Å². The molecule has 0 radical (unpaired) electrons. The van der Waals surface area contributed by atoms with Crippen molar-refractivity contribution in [3.63, 3.8) is 0 Å². The molecule has 1 unspecified atom stereocenters. The summed E-state index contributed by atoms with van der Waals surface area (Å²) in [6.07, 6.45) is 0.834. The van der Waals surface area contributed by atoms with Crippen molar-refractivity contribution in [3.05, 3.63) is 18.2 Å². The lowest BCUT2D eigenvalue weighted by molar-refractivity contribution is 0.0515. The molecule has 0 aliphatic heterocycles. The van der Waals surface area contributed by atoms with Crippen LogP contribution < -0.4 is 15.8 Å². The average molecular weight is 280 g/mol. The fraction of sp³-hybridized carbons (Fsp3) is 0.625. The van der Waals surface area contributed by atoms with E-state index in [1.165, 1.54) is 0 Å². The Balaban J connectivity index is 2.69. The van der Waals surface area contributed by atoms with Gasteiger partial charge in [-0.15, -0.1) is 0 Å². The number of rotatable bonds is 7. The summed E-state index contributed by atoms with van der Waals surface area (Å²) in [5, 5.41) is 13.5. The van der Waals surface area contributed by atoms with Crippen molar-refractivity contribution in [1.29, 1.82) is 0 Å². The highest BCUT2D eigenvalue weighted by Crippen LogP contribution is 2.27. The number of nitrogens with one attached hydrogen (secondary N) is 1. The summed E-state index contributed by atoms with van der Waals surface area (Å²) in [6.45, 7) is 10.5. The predicted octanol–water partition coefficient (Wildman–Crippen LogP) is 3.27. The summed E-state index contributed by atoms with van der Waals surface area (Å²) in [5.41, 5.74) is 6.68. The Morgan fingerprint density at radius 3 is 2.50 bits per heavy atom. The summed E-state index contributed by atoms with van der Waals surface area (Å²) in [6, 6.07) is 5.59. The minimum absolute atomic E-state index is 0.0802. The molecule has 1 atom stereocenters. The van der Waals surface area contributed by atoms with E-state index >= 15 is 0 Å². The summed E-state index contributed by atoms with van der Waals surface area (Å²) in [5.74, 6) is 1.13. The maximum Gasteiger partial charge on any atom is 0.144 e. The lowest BCUT2D eigenvalue weighted by atomic mass is 9.94. The summed E-state index contributed by atoms with van der Waals surface area (Å²) in [7, 11) is 0. The first-order valence-electron chi connectivity index (χ1n) is 7.22. The second-order valence-corrected chi connectivity index (χ2v) is 6.37. The van der Waals surface area contributed by atoms with Gasteiger partial charge < -0.3 is 20.9 Å². The first kappa shape index (κ1) is 16.6. The van der Waals surface area contributed by atoms with Gasteiger partial charge >= 0.3 is 0 Å². The van der Waals surface area contributed by atoms with Gasteiger partial charge in [-0.2, -0.15) is 0 Å². The highest BCUT2D eigenvalue weighted by atomic mass is 16.5. The number of aliphatic hydroxyl groups is 1. The van der Waals surface area contributed by atoms with Crippen LogP contribution in [0.5, 0.6) is 5.75 Å². The molecule has 20 heavy (non-hydrogen) atoms. The third kappa shape index (κ3) is 5.70. The van der Waals surface area contributed by atoms with Crippen LogP contribution in [0.2, 0.25) is 0 Å². The average Bonchev–Trinajstić information content (AvgIpc) is 2.28. The number of nitrogen functional groups attached to an aromatic ring is 1. The maximum atomic E-state index is 10.3. The van der Waals surface area contributed by atoms with Gasteiger partial charge in [0.1, 0.15) is 5.75 Å². The van der Waals surface area contributed by atoms with E-state index in [2.05, 4.69) is 19.2 Å². The Morgan fingerprint density at radius 1 is 1.30 bits per heavy atom. The van der Waals surface area contributed by atoms with Crippen LogP contribution in [0.3, 0.4) is 0 Å². The Kier molecular flexibility index (Phi) is 5.69. The number of benzene rings is 1. The monoisotopic (exact) mass is 280 g/mol. The molecule has 0 spiro atoms. The van der Waals surface area contributed by atoms with Crippen LogP contribution in [0.1, 0.15) is 41.0 Å². The van der Waals surface area contributed by atoms with Crippen LogP contribution in [0.15, 0.2) is 18.2 Å². The zero-order chi connectivity index (χ0) is 15.3. The van der Waals surface area contributed by atoms with Gasteiger partial charge in [0, 0.05) is 18.3 Å². The molecule has 1 rings (SSSR count). The van der Waals surface area contributed by atoms with Crippen molar-refractivity contribution >= 4 is 11.4 Å². The number of nitrogens with two attached hydrogens (primary N) is 1. The number of hydrogen-bond acceptors (Lipinski definition) is 4. The van der Waals surface area contributed by atoms with E-state index < -0.39 is 5.60 Å². The molecule has 4 N–H and O–H groups in total. The van der Waals surface area contributed by atoms with E-state index in [1.807, 2.05) is 39.0 Å². The van der Waals surface area contributed by atoms with E-state index in [0.717, 1.165) is 12.1 Å². The van der Waals surface area contributed by atoms with Crippen molar-refractivity contribution < 1.29 is 9.84 Å². The van der Waals surface area contributed by atoms with Gasteiger partial charge in [0.15, 0.2) is 0 Å². The van der Waals surface area contributed by atoms with E-state index in [-0.39, 0.29) is 6.10 Å². The Hall–Kier alpha value is -1.42. The van der Waals surface area contributed by atoms with Crippen LogP contribution in [-0.2, 0) is 0 Å². The van der Waals surface area contributed by atoms with Gasteiger partial charge in [0.05, 0.1) is 17.4 Å². The van der Waals surface area contributed by atoms with Crippen LogP contribution >= 0.6 is 0 Å². The summed E-state index contributed by atoms with van der Waals surface area (Å²) in [4.78, 5) is 0. The molecule has 0 aliphatic rings. The van der Waals surface area contributed by atoms with Crippen molar-refractivity contribution in [2.75, 3.05) is 17.6 Å². The lowest BCUT2D eigenvalue weighted by Gasteiger charge is -2.26. The Morgan fingerprint density at radius 2 is 1.95 bits per heavy atom. The molecule has 0 heterocycles. The molecule has 0 fully saturated rings. The van der Waals surface area contributed by atoms with Crippen molar-refractivity contribution in [2.24, 2.45) is 5.92 Å². The molecule has 0 saturated carbocycles. The molecule has 4 heteroatoms. The minimum Gasteiger partial charge on any atom is -0.489 e. The van der Waals surface area contributed by atoms with E-state index in [4.69, 9.17) is 10.5 Å². The van der Waals surface area contributed by atoms with Crippen molar-refractivity contribution in [1.82, 2.24) is 0 Å². The molecule has 1 aromatic carbocycles. The zero-order valence-corrected chi connectivity index (χ0v) is 13.2. The maximum absolute atomic E-state index is 10.3. The van der Waals surface area contributed by atoms with Gasteiger partial charge in [-0.1, -0.05) is 13.8 Å². The number of anilines is 2. The first-order chi connectivity index (χ1) is 9.19. The van der Waals surface area contributed by atoms with Crippen LogP contribution in [0.25, 0.3) is 0 Å². The molecule has 1 aromatic rings. The smallest absolute Gasteiger partial charge is 0.144 e. The summed E-state index contributed by atoms with van der Waals surface area (Å²) < 4.78 is 5.65. The number of hydrogen-bond donors (Lipinski definition) is 3. The van der Waals surface area contributed by atoms with Gasteiger partial charge in [0.2, 0.25) is 0 Å².